The molecule has 6 aliphatic carbocycles. The number of hydrogen-bond donors (Lipinski definition) is 2. The average molecular weight is 485 g/mol. The lowest BCUT2D eigenvalue weighted by atomic mass is 9.53. The van der Waals surface area contributed by atoms with E-state index < -0.39 is 38.7 Å². The van der Waals surface area contributed by atoms with Crippen LogP contribution in [0.3, 0.4) is 0 Å². The van der Waals surface area contributed by atoms with Gasteiger partial charge in [-0.25, -0.2) is 4.79 Å². The van der Waals surface area contributed by atoms with Crippen LogP contribution in [0, 0.1) is 17.8 Å². The zero-order chi connectivity index (χ0) is 23.5. The predicted octanol–water partition coefficient (Wildman–Crippen LogP) is 2.08. The van der Waals surface area contributed by atoms with Gasteiger partial charge in [-0.15, -0.1) is 0 Å². The normalized spacial score (nSPS) is 35.8. The van der Waals surface area contributed by atoms with E-state index in [0.717, 1.165) is 0 Å². The van der Waals surface area contributed by atoms with Crippen LogP contribution in [0.1, 0.15) is 61.5 Å². The van der Waals surface area contributed by atoms with Gasteiger partial charge in [0, 0.05) is 34.8 Å². The Balaban J connectivity index is 1.25. The first-order chi connectivity index (χ1) is 15.4. The Kier molecular flexibility index (Phi) is 3.98. The summed E-state index contributed by atoms with van der Waals surface area (Å²) in [5, 5.41) is 15.6. The van der Waals surface area contributed by atoms with E-state index in [1.807, 2.05) is 0 Å². The summed E-state index contributed by atoms with van der Waals surface area (Å²) < 4.78 is 64.0. The molecular formula is C21H21F2NO8S. The van der Waals surface area contributed by atoms with Gasteiger partial charge in [-0.3, -0.25) is 9.08 Å². The molecule has 4 atom stereocenters. The van der Waals surface area contributed by atoms with Crippen LogP contribution in [-0.4, -0.2) is 46.0 Å². The molecule has 0 aromatic carbocycles. The molecule has 0 radical (unpaired) electrons. The number of ether oxygens (including phenoxy) is 1. The number of nitrogens with zero attached hydrogens (tertiary/aromatic N) is 1. The highest BCUT2D eigenvalue weighted by Gasteiger charge is 2.63. The molecule has 33 heavy (non-hydrogen) atoms. The molecule has 4 saturated carbocycles. The number of allylic oxidation sites excluding steroid dienone is 2. The predicted molar refractivity (Wildman–Crippen MR) is 105 cm³/mol. The Morgan fingerprint density at radius 1 is 1.03 bits per heavy atom. The molecular weight excluding hydrogens is 464 g/mol. The minimum absolute atomic E-state index is 0.0107. The number of alkyl halides is 2. The second-order valence-electron chi connectivity index (χ2n) is 9.97. The third-order valence-corrected chi connectivity index (χ3v) is 9.09. The zero-order valence-corrected chi connectivity index (χ0v) is 18.1. The molecule has 1 aromatic rings. The second-order valence-corrected chi connectivity index (χ2v) is 11.5. The van der Waals surface area contributed by atoms with Crippen molar-refractivity contribution in [3.05, 3.63) is 23.3 Å². The van der Waals surface area contributed by atoms with Gasteiger partial charge in [0.2, 0.25) is 11.8 Å². The molecule has 2 N–H and O–H groups in total. The number of carbonyl (C=O) groups excluding carboxylic acids is 2. The molecule has 9 nitrogen and oxygen atoms in total. The van der Waals surface area contributed by atoms with Crippen molar-refractivity contribution in [2.24, 2.45) is 17.8 Å². The molecule has 178 valence electrons. The lowest BCUT2D eigenvalue weighted by molar-refractivity contribution is -0.202. The van der Waals surface area contributed by atoms with E-state index in [0.29, 0.717) is 25.7 Å². The van der Waals surface area contributed by atoms with Crippen LogP contribution in [-0.2, 0) is 24.4 Å². The lowest BCUT2D eigenvalue weighted by Crippen LogP contribution is -2.58. The van der Waals surface area contributed by atoms with Gasteiger partial charge in [-0.2, -0.15) is 17.2 Å². The fourth-order valence-corrected chi connectivity index (χ4v) is 7.47. The van der Waals surface area contributed by atoms with Gasteiger partial charge in [-0.05, 0) is 44.4 Å². The molecule has 1 aromatic heterocycles. The topological polar surface area (TPSA) is 132 Å². The van der Waals surface area contributed by atoms with Crippen molar-refractivity contribution in [3.8, 4) is 11.8 Å². The number of halogens is 2. The van der Waals surface area contributed by atoms with Crippen molar-refractivity contribution >= 4 is 21.9 Å². The molecule has 0 saturated heterocycles. The Morgan fingerprint density at radius 2 is 1.58 bits per heavy atom. The van der Waals surface area contributed by atoms with Gasteiger partial charge in [0.25, 0.3) is 0 Å². The summed E-state index contributed by atoms with van der Waals surface area (Å²) in [4.78, 5) is 24.7. The summed E-state index contributed by atoms with van der Waals surface area (Å²) in [6, 6.07) is 0. The van der Waals surface area contributed by atoms with Gasteiger partial charge in [0.05, 0.1) is 0 Å². The third-order valence-electron chi connectivity index (χ3n) is 7.95. The minimum atomic E-state index is -6.01. The summed E-state index contributed by atoms with van der Waals surface area (Å²) in [6.07, 6.45) is 5.83. The summed E-state index contributed by atoms with van der Waals surface area (Å²) in [6.45, 7) is 0. The lowest BCUT2D eigenvalue weighted by Gasteiger charge is -2.54. The van der Waals surface area contributed by atoms with Crippen LogP contribution in [0.25, 0.3) is 0 Å². The largest absolute Gasteiger partial charge is 0.492 e. The maximum Gasteiger partial charge on any atom is 0.478 e. The summed E-state index contributed by atoms with van der Waals surface area (Å²) >= 11 is 0. The Hall–Kier alpha value is -2.63. The van der Waals surface area contributed by atoms with E-state index in [1.54, 1.807) is 12.2 Å². The van der Waals surface area contributed by atoms with Crippen molar-refractivity contribution in [1.29, 1.82) is 0 Å². The smallest absolute Gasteiger partial charge is 0.478 e. The van der Waals surface area contributed by atoms with E-state index in [1.165, 1.54) is 0 Å². The van der Waals surface area contributed by atoms with Crippen LogP contribution < -0.4 is 4.28 Å². The second kappa shape index (κ2) is 6.28. The molecule has 0 amide bonds. The SMILES string of the molecule is O=C1C2CC3CC1CC(OC(=O)C(F)(F)S(=O)(=O)On1c(O)c4c(c1O)C1C=CC4C1)(C3)C2. The van der Waals surface area contributed by atoms with Gasteiger partial charge in [-0.1, -0.05) is 16.9 Å². The Morgan fingerprint density at radius 3 is 2.12 bits per heavy atom. The monoisotopic (exact) mass is 485 g/mol. The first kappa shape index (κ1) is 20.9. The number of aromatic hydroxyl groups is 2. The number of fused-ring (bicyclic) bond motifs is 5. The molecule has 1 heterocycles. The quantitative estimate of drug-likeness (QED) is 0.479. The summed E-state index contributed by atoms with van der Waals surface area (Å²) in [7, 11) is -6.01. The number of esters is 1. The van der Waals surface area contributed by atoms with Crippen molar-refractivity contribution in [2.45, 2.75) is 61.2 Å². The van der Waals surface area contributed by atoms with Gasteiger partial charge < -0.3 is 14.9 Å². The van der Waals surface area contributed by atoms with Crippen LogP contribution >= 0.6 is 0 Å². The molecule has 4 fully saturated rings. The first-order valence-electron chi connectivity index (χ1n) is 10.9. The van der Waals surface area contributed by atoms with Crippen molar-refractivity contribution in [1.82, 2.24) is 4.73 Å². The summed E-state index contributed by atoms with van der Waals surface area (Å²) in [5.41, 5.74) is -0.886. The highest BCUT2D eigenvalue weighted by molar-refractivity contribution is 7.88. The van der Waals surface area contributed by atoms with E-state index >= 15 is 0 Å². The average Bonchev–Trinajstić information content (AvgIpc) is 3.41. The van der Waals surface area contributed by atoms with Gasteiger partial charge in [0.1, 0.15) is 11.4 Å². The van der Waals surface area contributed by atoms with Crippen LogP contribution in [0.4, 0.5) is 8.78 Å². The number of rotatable bonds is 5. The summed E-state index contributed by atoms with van der Waals surface area (Å²) in [5.74, 6) is -5.14. The number of ketones is 1. The Bertz CT molecular complexity index is 1180. The van der Waals surface area contributed by atoms with E-state index in [2.05, 4.69) is 4.28 Å². The van der Waals surface area contributed by atoms with E-state index in [9.17, 15) is 37.0 Å². The number of hydrogen-bond acceptors (Lipinski definition) is 8. The molecule has 0 aliphatic heterocycles. The van der Waals surface area contributed by atoms with E-state index in [4.69, 9.17) is 4.74 Å². The maximum atomic E-state index is 14.8. The van der Waals surface area contributed by atoms with Crippen LogP contribution in [0.2, 0.25) is 0 Å². The van der Waals surface area contributed by atoms with Crippen molar-refractivity contribution in [3.63, 3.8) is 0 Å². The standard InChI is InChI=1S/C21H21F2NO8S/c22-21(23,19(28)31-20-6-9-3-12(7-20)16(25)13(4-9)8-20)33(29,30)32-24-17(26)14-10-1-2-11(5-10)15(14)18(24)27/h1-2,9-13,26-27H,3-8H2. The fraction of sp³-hybridized carbons (Fsp3) is 0.619. The van der Waals surface area contributed by atoms with E-state index in [-0.39, 0.29) is 64.1 Å². The van der Waals surface area contributed by atoms with Crippen LogP contribution in [0.15, 0.2) is 12.2 Å². The molecule has 6 bridgehead atoms. The van der Waals surface area contributed by atoms with Crippen LogP contribution in [0.5, 0.6) is 11.8 Å². The molecule has 6 aliphatic rings. The fourth-order valence-electron chi connectivity index (χ4n) is 6.79. The first-order valence-corrected chi connectivity index (χ1v) is 12.3. The van der Waals surface area contributed by atoms with Crippen molar-refractivity contribution in [2.75, 3.05) is 0 Å². The number of carbonyl (C=O) groups is 2. The van der Waals surface area contributed by atoms with Crippen molar-refractivity contribution < 1.29 is 46.0 Å². The highest BCUT2D eigenvalue weighted by Crippen LogP contribution is 2.57. The number of Topliss-reactive ketones (excluding diaryl/α,β-unsaturated/α-hetero) is 1. The Labute approximate surface area is 187 Å². The maximum absolute atomic E-state index is 14.8. The molecule has 4 unspecified atom stereocenters. The molecule has 7 rings (SSSR count). The van der Waals surface area contributed by atoms with Gasteiger partial charge >= 0.3 is 21.3 Å². The number of aromatic nitrogens is 1. The molecule has 0 spiro atoms. The third kappa shape index (κ3) is 2.69. The zero-order valence-electron chi connectivity index (χ0n) is 17.2. The van der Waals surface area contributed by atoms with Gasteiger partial charge in [0.15, 0.2) is 0 Å². The molecule has 12 heteroatoms. The highest BCUT2D eigenvalue weighted by atomic mass is 32.2. The minimum Gasteiger partial charge on any atom is -0.492 e.